The lowest BCUT2D eigenvalue weighted by Crippen LogP contribution is -2.19. The second-order valence-electron chi connectivity index (χ2n) is 9.12. The van der Waals surface area contributed by atoms with Gasteiger partial charge in [-0.25, -0.2) is 19.0 Å². The number of hydrogen-bond acceptors (Lipinski definition) is 9. The summed E-state index contributed by atoms with van der Waals surface area (Å²) < 4.78 is 16.8. The third-order valence-electron chi connectivity index (χ3n) is 6.28. The second kappa shape index (κ2) is 11.3. The number of pyridine rings is 2. The van der Waals surface area contributed by atoms with E-state index in [1.807, 2.05) is 0 Å². The lowest BCUT2D eigenvalue weighted by atomic mass is 10.1. The van der Waals surface area contributed by atoms with E-state index in [4.69, 9.17) is 0 Å². The monoisotopic (exact) mass is 584 g/mol. The van der Waals surface area contributed by atoms with E-state index < -0.39 is 39.7 Å². The fourth-order valence-electron chi connectivity index (χ4n) is 4.29. The van der Waals surface area contributed by atoms with Crippen LogP contribution < -0.4 is 16.0 Å². The van der Waals surface area contributed by atoms with Crippen LogP contribution in [0.15, 0.2) is 67.0 Å². The van der Waals surface area contributed by atoms with E-state index in [0.29, 0.717) is 5.69 Å². The highest BCUT2D eigenvalue weighted by Crippen LogP contribution is 2.27. The molecular weight excluding hydrogens is 563 g/mol. The lowest BCUT2D eigenvalue weighted by molar-refractivity contribution is -0.384. The van der Waals surface area contributed by atoms with Gasteiger partial charge >= 0.3 is 5.69 Å². The number of anilines is 2. The van der Waals surface area contributed by atoms with Gasteiger partial charge in [-0.1, -0.05) is 6.07 Å². The SMILES string of the molecule is CNC(=O)c1cc(O)cc(NC(=O)c2ccnc(-n3ncc4c(C(=O)Nc5nc(C)ccc5[N+](=O)[O-])cccc43)c2F)c1. The van der Waals surface area contributed by atoms with Gasteiger partial charge in [0, 0.05) is 47.7 Å². The minimum absolute atomic E-state index is 0.0462. The van der Waals surface area contributed by atoms with Crippen molar-refractivity contribution in [1.29, 1.82) is 0 Å². The molecule has 3 heterocycles. The fourth-order valence-corrected chi connectivity index (χ4v) is 4.29. The minimum Gasteiger partial charge on any atom is -0.508 e. The molecule has 3 aromatic heterocycles. The number of nitrogens with zero attached hydrogens (tertiary/aromatic N) is 5. The number of phenolic OH excluding ortho intramolecular Hbond substituents is 1. The number of phenols is 1. The van der Waals surface area contributed by atoms with Crippen molar-refractivity contribution in [2.75, 3.05) is 17.7 Å². The third kappa shape index (κ3) is 5.54. The Morgan fingerprint density at radius 1 is 1.00 bits per heavy atom. The quantitative estimate of drug-likeness (QED) is 0.163. The summed E-state index contributed by atoms with van der Waals surface area (Å²) in [6.45, 7) is 1.62. The van der Waals surface area contributed by atoms with Gasteiger partial charge in [0.05, 0.1) is 27.8 Å². The average molecular weight is 585 g/mol. The number of nitrogens with one attached hydrogen (secondary N) is 3. The number of benzene rings is 2. The average Bonchev–Trinajstić information content (AvgIpc) is 3.40. The molecule has 0 saturated carbocycles. The van der Waals surface area contributed by atoms with Crippen LogP contribution in [0, 0.1) is 22.9 Å². The highest BCUT2D eigenvalue weighted by Gasteiger charge is 2.23. The van der Waals surface area contributed by atoms with Crippen LogP contribution in [0.5, 0.6) is 5.75 Å². The molecule has 216 valence electrons. The smallest absolute Gasteiger partial charge is 0.311 e. The van der Waals surface area contributed by atoms with Crippen LogP contribution in [0.25, 0.3) is 16.7 Å². The van der Waals surface area contributed by atoms with Gasteiger partial charge in [-0.05, 0) is 43.3 Å². The van der Waals surface area contributed by atoms with Crippen molar-refractivity contribution in [1.82, 2.24) is 25.1 Å². The van der Waals surface area contributed by atoms with E-state index in [-0.39, 0.29) is 45.1 Å². The first-order valence-electron chi connectivity index (χ1n) is 12.5. The molecule has 0 atom stereocenters. The summed E-state index contributed by atoms with van der Waals surface area (Å²) in [5.74, 6) is -4.02. The Kier molecular flexibility index (Phi) is 7.45. The summed E-state index contributed by atoms with van der Waals surface area (Å²) in [6.07, 6.45) is 2.49. The summed E-state index contributed by atoms with van der Waals surface area (Å²) in [5.41, 5.74) is 0.101. The van der Waals surface area contributed by atoms with Crippen molar-refractivity contribution < 1.29 is 28.8 Å². The number of aryl methyl sites for hydroxylation is 1. The molecule has 15 heteroatoms. The van der Waals surface area contributed by atoms with Gasteiger partial charge in [-0.3, -0.25) is 24.5 Å². The topological polar surface area (TPSA) is 194 Å². The molecule has 43 heavy (non-hydrogen) atoms. The van der Waals surface area contributed by atoms with Gasteiger partial charge in [-0.15, -0.1) is 0 Å². The molecule has 0 spiro atoms. The number of halogens is 1. The highest BCUT2D eigenvalue weighted by molar-refractivity contribution is 6.13. The zero-order valence-corrected chi connectivity index (χ0v) is 22.5. The summed E-state index contributed by atoms with van der Waals surface area (Å²) >= 11 is 0. The van der Waals surface area contributed by atoms with E-state index >= 15 is 4.39 Å². The van der Waals surface area contributed by atoms with Crippen molar-refractivity contribution in [3.05, 3.63) is 105 Å². The molecule has 0 aliphatic rings. The third-order valence-corrected chi connectivity index (χ3v) is 6.28. The second-order valence-corrected chi connectivity index (χ2v) is 9.12. The molecule has 3 amide bonds. The largest absolute Gasteiger partial charge is 0.508 e. The van der Waals surface area contributed by atoms with Crippen LogP contribution >= 0.6 is 0 Å². The first-order valence-corrected chi connectivity index (χ1v) is 12.5. The van der Waals surface area contributed by atoms with Crippen LogP contribution in [0.4, 0.5) is 21.6 Å². The number of aromatic hydroxyl groups is 1. The molecule has 0 fully saturated rings. The molecule has 0 aliphatic heterocycles. The van der Waals surface area contributed by atoms with Crippen LogP contribution in [0.1, 0.15) is 36.8 Å². The zero-order chi connectivity index (χ0) is 30.8. The molecule has 0 bridgehead atoms. The van der Waals surface area contributed by atoms with Gasteiger partial charge in [0.15, 0.2) is 11.6 Å². The molecule has 0 unspecified atom stereocenters. The predicted octanol–water partition coefficient (Wildman–Crippen LogP) is 3.74. The van der Waals surface area contributed by atoms with Crippen molar-refractivity contribution in [3.63, 3.8) is 0 Å². The highest BCUT2D eigenvalue weighted by atomic mass is 19.1. The van der Waals surface area contributed by atoms with Crippen molar-refractivity contribution in [2.45, 2.75) is 6.92 Å². The Labute approximate surface area is 241 Å². The molecule has 0 aliphatic carbocycles. The van der Waals surface area contributed by atoms with Gasteiger partial charge in [-0.2, -0.15) is 5.10 Å². The van der Waals surface area contributed by atoms with Crippen molar-refractivity contribution in [2.24, 2.45) is 0 Å². The van der Waals surface area contributed by atoms with Crippen LogP contribution in [-0.2, 0) is 0 Å². The standard InChI is InChI=1S/C28H21FN8O6/c1-14-6-7-22(37(42)43)24(33-14)35-27(40)18-4-3-5-21-20(18)13-32-36(21)25-23(29)19(8-9-31-25)28(41)34-16-10-15(26(39)30-2)11-17(38)12-16/h3-13,38H,1-2H3,(H,30,39)(H,34,41)(H,33,35,40). The molecular formula is C28H21FN8O6. The first kappa shape index (κ1) is 28.3. The molecule has 0 radical (unpaired) electrons. The van der Waals surface area contributed by atoms with Gasteiger partial charge in [0.25, 0.3) is 17.7 Å². The normalized spacial score (nSPS) is 10.8. The number of fused-ring (bicyclic) bond motifs is 1. The van der Waals surface area contributed by atoms with Crippen LogP contribution in [0.2, 0.25) is 0 Å². The lowest BCUT2D eigenvalue weighted by Gasteiger charge is -2.11. The van der Waals surface area contributed by atoms with E-state index in [1.165, 1.54) is 61.9 Å². The van der Waals surface area contributed by atoms with E-state index in [2.05, 4.69) is 31.0 Å². The summed E-state index contributed by atoms with van der Waals surface area (Å²) in [5, 5.41) is 33.1. The molecule has 14 nitrogen and oxygen atoms in total. The summed E-state index contributed by atoms with van der Waals surface area (Å²) in [4.78, 5) is 56.9. The fraction of sp³-hybridized carbons (Fsp3) is 0.0714. The maximum absolute atomic E-state index is 15.7. The Hall–Kier alpha value is -6.25. The Bertz CT molecular complexity index is 1960. The Morgan fingerprint density at radius 2 is 1.77 bits per heavy atom. The van der Waals surface area contributed by atoms with E-state index in [9.17, 15) is 29.6 Å². The number of nitro groups is 1. The van der Waals surface area contributed by atoms with E-state index in [0.717, 1.165) is 10.7 Å². The number of hydrogen-bond donors (Lipinski definition) is 4. The number of amides is 3. The van der Waals surface area contributed by atoms with Crippen molar-refractivity contribution >= 4 is 45.8 Å². The maximum Gasteiger partial charge on any atom is 0.311 e. The van der Waals surface area contributed by atoms with Gasteiger partial charge in [0.2, 0.25) is 5.82 Å². The first-order chi connectivity index (χ1) is 20.6. The number of aromatic nitrogens is 4. The number of carbonyl (C=O) groups excluding carboxylic acids is 3. The van der Waals surface area contributed by atoms with Crippen LogP contribution in [0.3, 0.4) is 0 Å². The maximum atomic E-state index is 15.7. The Balaban J connectivity index is 1.47. The summed E-state index contributed by atoms with van der Waals surface area (Å²) in [6, 6.07) is 12.0. The number of rotatable bonds is 7. The number of carbonyl (C=O) groups is 3. The molecule has 5 aromatic rings. The predicted molar refractivity (Wildman–Crippen MR) is 152 cm³/mol. The van der Waals surface area contributed by atoms with Crippen LogP contribution in [-0.4, -0.2) is 54.5 Å². The van der Waals surface area contributed by atoms with Gasteiger partial charge < -0.3 is 21.1 Å². The molecule has 0 saturated heterocycles. The van der Waals surface area contributed by atoms with E-state index in [1.54, 1.807) is 13.0 Å². The van der Waals surface area contributed by atoms with Gasteiger partial charge in [0.1, 0.15) is 5.75 Å². The Morgan fingerprint density at radius 3 is 2.51 bits per heavy atom. The summed E-state index contributed by atoms with van der Waals surface area (Å²) in [7, 11) is 1.40. The molecule has 4 N–H and O–H groups in total. The zero-order valence-electron chi connectivity index (χ0n) is 22.5. The minimum atomic E-state index is -1.04. The molecule has 5 rings (SSSR count). The molecule has 2 aromatic carbocycles. The van der Waals surface area contributed by atoms with Crippen molar-refractivity contribution in [3.8, 4) is 11.6 Å².